The molecule has 0 unspecified atom stereocenters. The summed E-state index contributed by atoms with van der Waals surface area (Å²) in [7, 11) is 0. The van der Waals surface area contributed by atoms with Crippen molar-refractivity contribution in [1.29, 1.82) is 0 Å². The number of carbonyl (C=O) groups excluding carboxylic acids is 1. The monoisotopic (exact) mass is 356 g/mol. The van der Waals surface area contributed by atoms with Crippen LogP contribution in [0.3, 0.4) is 0 Å². The van der Waals surface area contributed by atoms with E-state index in [4.69, 9.17) is 0 Å². The second-order valence-electron chi connectivity index (χ2n) is 3.77. The maximum atomic E-state index is 11.9. The largest absolute Gasteiger partial charge is 0.324 e. The number of amides is 1. The molecule has 0 spiro atoms. The molecule has 0 fully saturated rings. The third-order valence-electron chi connectivity index (χ3n) is 2.49. The van der Waals surface area contributed by atoms with Crippen LogP contribution < -0.4 is 5.32 Å². The third kappa shape index (κ3) is 3.28. The lowest BCUT2D eigenvalue weighted by molar-refractivity contribution is -0.116. The highest BCUT2D eigenvalue weighted by Gasteiger charge is 2.07. The van der Waals surface area contributed by atoms with E-state index < -0.39 is 0 Å². The quantitative estimate of drug-likeness (QED) is 0.854. The minimum atomic E-state index is -0.0998. The molecular weight excluding hydrogens is 343 g/mol. The molecule has 2 rings (SSSR count). The molecule has 5 nitrogen and oxygen atoms in total. The van der Waals surface area contributed by atoms with Crippen LogP contribution in [0, 0.1) is 3.83 Å². The lowest BCUT2D eigenvalue weighted by Gasteiger charge is -2.09. The summed E-state index contributed by atoms with van der Waals surface area (Å²) in [6.45, 7) is 2.23. The van der Waals surface area contributed by atoms with Crippen molar-refractivity contribution in [3.63, 3.8) is 0 Å². The first kappa shape index (κ1) is 13.0. The SMILES string of the molecule is CCc1ccccc1NC(=O)Cn1cnc(I)n1. The van der Waals surface area contributed by atoms with Gasteiger partial charge in [0.2, 0.25) is 9.74 Å². The molecule has 0 aliphatic carbocycles. The maximum Gasteiger partial charge on any atom is 0.246 e. The molecule has 1 aromatic carbocycles. The Kier molecular flexibility index (Phi) is 4.29. The predicted octanol–water partition coefficient (Wildman–Crippen LogP) is 2.08. The topological polar surface area (TPSA) is 59.8 Å². The van der Waals surface area contributed by atoms with Crippen LogP contribution in [0.1, 0.15) is 12.5 Å². The van der Waals surface area contributed by atoms with Crippen LogP contribution in [0.5, 0.6) is 0 Å². The van der Waals surface area contributed by atoms with Gasteiger partial charge in [-0.25, -0.2) is 9.67 Å². The van der Waals surface area contributed by atoms with E-state index in [-0.39, 0.29) is 12.5 Å². The summed E-state index contributed by atoms with van der Waals surface area (Å²) < 4.78 is 2.15. The Morgan fingerprint density at radius 3 is 2.89 bits per heavy atom. The van der Waals surface area contributed by atoms with Crippen LogP contribution in [0.25, 0.3) is 0 Å². The highest BCUT2D eigenvalue weighted by atomic mass is 127. The van der Waals surface area contributed by atoms with Gasteiger partial charge in [0.25, 0.3) is 0 Å². The summed E-state index contributed by atoms with van der Waals surface area (Å²) >= 11 is 2.01. The Hall–Kier alpha value is -1.44. The number of halogens is 1. The Morgan fingerprint density at radius 2 is 2.22 bits per heavy atom. The number of carbonyl (C=O) groups is 1. The Morgan fingerprint density at radius 1 is 1.44 bits per heavy atom. The Labute approximate surface area is 119 Å². The first-order chi connectivity index (χ1) is 8.69. The molecule has 6 heteroatoms. The number of hydrogen-bond acceptors (Lipinski definition) is 3. The molecule has 18 heavy (non-hydrogen) atoms. The number of nitrogens with zero attached hydrogens (tertiary/aromatic N) is 3. The minimum absolute atomic E-state index is 0.0998. The van der Waals surface area contributed by atoms with E-state index in [9.17, 15) is 4.79 Å². The number of nitrogens with one attached hydrogen (secondary N) is 1. The third-order valence-corrected chi connectivity index (χ3v) is 2.98. The van der Waals surface area contributed by atoms with Crippen molar-refractivity contribution in [3.8, 4) is 0 Å². The normalized spacial score (nSPS) is 10.3. The van der Waals surface area contributed by atoms with Crippen LogP contribution in [0.4, 0.5) is 5.69 Å². The van der Waals surface area contributed by atoms with Gasteiger partial charge in [-0.05, 0) is 18.1 Å². The summed E-state index contributed by atoms with van der Waals surface area (Å²) in [6, 6.07) is 7.79. The molecule has 1 heterocycles. The van der Waals surface area contributed by atoms with Crippen LogP contribution in [0.15, 0.2) is 30.6 Å². The van der Waals surface area contributed by atoms with Gasteiger partial charge in [-0.1, -0.05) is 25.1 Å². The van der Waals surface area contributed by atoms with Gasteiger partial charge in [0, 0.05) is 28.3 Å². The Balaban J connectivity index is 2.03. The maximum absolute atomic E-state index is 11.9. The van der Waals surface area contributed by atoms with Gasteiger partial charge >= 0.3 is 0 Å². The summed E-state index contributed by atoms with van der Waals surface area (Å²) in [4.78, 5) is 15.8. The average molecular weight is 356 g/mol. The smallest absolute Gasteiger partial charge is 0.246 e. The van der Waals surface area contributed by atoms with E-state index in [0.29, 0.717) is 3.83 Å². The predicted molar refractivity (Wildman–Crippen MR) is 77.2 cm³/mol. The summed E-state index contributed by atoms with van der Waals surface area (Å²) in [5.41, 5.74) is 1.99. The fourth-order valence-corrected chi connectivity index (χ4v) is 2.04. The van der Waals surface area contributed by atoms with Gasteiger partial charge in [0.1, 0.15) is 12.9 Å². The van der Waals surface area contributed by atoms with Gasteiger partial charge in [0.05, 0.1) is 0 Å². The first-order valence-corrected chi connectivity index (χ1v) is 6.69. The van der Waals surface area contributed by atoms with Crippen molar-refractivity contribution in [2.45, 2.75) is 19.9 Å². The van der Waals surface area contributed by atoms with Gasteiger partial charge in [-0.3, -0.25) is 4.79 Å². The Bertz CT molecular complexity index is 553. The van der Waals surface area contributed by atoms with Gasteiger partial charge in [0.15, 0.2) is 0 Å². The highest BCUT2D eigenvalue weighted by molar-refractivity contribution is 14.1. The fourth-order valence-electron chi connectivity index (χ4n) is 1.64. The van der Waals surface area contributed by atoms with Crippen LogP contribution in [-0.2, 0) is 17.8 Å². The summed E-state index contributed by atoms with van der Waals surface area (Å²) in [6.07, 6.45) is 2.44. The van der Waals surface area contributed by atoms with E-state index in [2.05, 4.69) is 22.3 Å². The zero-order valence-electron chi connectivity index (χ0n) is 9.93. The number of rotatable bonds is 4. The number of anilines is 1. The van der Waals surface area contributed by atoms with Crippen molar-refractivity contribution < 1.29 is 4.79 Å². The molecule has 0 aliphatic rings. The first-order valence-electron chi connectivity index (χ1n) is 5.61. The van der Waals surface area contributed by atoms with Gasteiger partial charge in [-0.2, -0.15) is 0 Å². The molecule has 0 bridgehead atoms. The van der Waals surface area contributed by atoms with E-state index in [1.807, 2.05) is 46.9 Å². The molecule has 0 atom stereocenters. The van der Waals surface area contributed by atoms with Crippen molar-refractivity contribution in [2.75, 3.05) is 5.32 Å². The summed E-state index contributed by atoms with van der Waals surface area (Å²) in [5, 5.41) is 6.96. The molecule has 1 amide bonds. The molecule has 0 radical (unpaired) electrons. The molecule has 0 saturated heterocycles. The van der Waals surface area contributed by atoms with Crippen molar-refractivity contribution in [3.05, 3.63) is 40.0 Å². The fraction of sp³-hybridized carbons (Fsp3) is 0.250. The van der Waals surface area contributed by atoms with E-state index >= 15 is 0 Å². The summed E-state index contributed by atoms with van der Waals surface area (Å²) in [5.74, 6) is -0.0998. The lowest BCUT2D eigenvalue weighted by atomic mass is 10.1. The minimum Gasteiger partial charge on any atom is -0.324 e. The van der Waals surface area contributed by atoms with E-state index in [0.717, 1.165) is 17.7 Å². The second-order valence-corrected chi connectivity index (χ2v) is 4.73. The standard InChI is InChI=1S/C12H13IN4O/c1-2-9-5-3-4-6-10(9)15-11(18)7-17-8-14-12(13)16-17/h3-6,8H,2,7H2,1H3,(H,15,18). The van der Waals surface area contributed by atoms with E-state index in [1.54, 1.807) is 6.33 Å². The van der Waals surface area contributed by atoms with Crippen molar-refractivity contribution in [2.24, 2.45) is 0 Å². The molecule has 2 aromatic rings. The number of aromatic nitrogens is 3. The number of hydrogen-bond donors (Lipinski definition) is 1. The van der Waals surface area contributed by atoms with Gasteiger partial charge < -0.3 is 5.32 Å². The number of para-hydroxylation sites is 1. The van der Waals surface area contributed by atoms with E-state index in [1.165, 1.54) is 4.68 Å². The molecule has 1 aromatic heterocycles. The zero-order valence-corrected chi connectivity index (χ0v) is 12.1. The number of aryl methyl sites for hydroxylation is 1. The molecule has 0 aliphatic heterocycles. The molecule has 1 N–H and O–H groups in total. The molecule has 94 valence electrons. The highest BCUT2D eigenvalue weighted by Crippen LogP contribution is 2.15. The van der Waals surface area contributed by atoms with Crippen LogP contribution in [0.2, 0.25) is 0 Å². The van der Waals surface area contributed by atoms with Crippen LogP contribution in [-0.4, -0.2) is 20.7 Å². The number of benzene rings is 1. The van der Waals surface area contributed by atoms with Crippen LogP contribution >= 0.6 is 22.6 Å². The molecular formula is C12H13IN4O. The zero-order chi connectivity index (χ0) is 13.0. The second kappa shape index (κ2) is 5.94. The van der Waals surface area contributed by atoms with Gasteiger partial charge in [-0.15, -0.1) is 5.10 Å². The average Bonchev–Trinajstić information content (AvgIpc) is 2.75. The lowest BCUT2D eigenvalue weighted by Crippen LogP contribution is -2.19. The molecule has 0 saturated carbocycles. The van der Waals surface area contributed by atoms with Crippen molar-refractivity contribution >= 4 is 34.2 Å². The van der Waals surface area contributed by atoms with Crippen molar-refractivity contribution in [1.82, 2.24) is 14.8 Å².